The molecule has 0 spiro atoms. The number of aromatic amines is 3. The molecular weight excluding hydrogens is 601 g/mol. The van der Waals surface area contributed by atoms with Gasteiger partial charge in [0.1, 0.15) is 0 Å². The predicted octanol–water partition coefficient (Wildman–Crippen LogP) is 7.19. The van der Waals surface area contributed by atoms with Crippen molar-refractivity contribution in [1.29, 1.82) is 0 Å². The molecule has 1 unspecified atom stereocenters. The van der Waals surface area contributed by atoms with E-state index in [0.29, 0.717) is 11.4 Å². The van der Waals surface area contributed by atoms with E-state index < -0.39 is 5.60 Å². The summed E-state index contributed by atoms with van der Waals surface area (Å²) in [5, 5.41) is 14.8. The highest BCUT2D eigenvalue weighted by molar-refractivity contribution is 6.08. The van der Waals surface area contributed by atoms with Gasteiger partial charge in [-0.2, -0.15) is 0 Å². The van der Waals surface area contributed by atoms with Gasteiger partial charge in [0, 0.05) is 44.5 Å². The van der Waals surface area contributed by atoms with Crippen LogP contribution in [0.2, 0.25) is 0 Å². The molecule has 49 heavy (non-hydrogen) atoms. The highest BCUT2D eigenvalue weighted by Gasteiger charge is 2.39. The zero-order valence-electron chi connectivity index (χ0n) is 26.6. The van der Waals surface area contributed by atoms with Crippen molar-refractivity contribution < 1.29 is 5.11 Å². The Kier molecular flexibility index (Phi) is 6.85. The lowest BCUT2D eigenvalue weighted by Gasteiger charge is -2.27. The molecule has 5 nitrogen and oxygen atoms in total. The zero-order valence-corrected chi connectivity index (χ0v) is 26.6. The summed E-state index contributed by atoms with van der Waals surface area (Å²) in [6.07, 6.45) is 3.95. The molecule has 8 bridgehead atoms. The van der Waals surface area contributed by atoms with Crippen LogP contribution in [0.15, 0.2) is 181 Å². The fourth-order valence-corrected chi connectivity index (χ4v) is 7.12. The van der Waals surface area contributed by atoms with Gasteiger partial charge in [-0.1, -0.05) is 121 Å². The lowest BCUT2D eigenvalue weighted by atomic mass is 9.86. The molecule has 0 radical (unpaired) electrons. The maximum Gasteiger partial charge on any atom is 0.172 e. The van der Waals surface area contributed by atoms with Crippen molar-refractivity contribution in [1.82, 2.24) is 15.0 Å². The third-order valence-corrected chi connectivity index (χ3v) is 9.44. The first-order valence-corrected chi connectivity index (χ1v) is 16.5. The lowest BCUT2D eigenvalue weighted by Crippen LogP contribution is -2.36. The van der Waals surface area contributed by atoms with E-state index in [0.717, 1.165) is 72.5 Å². The Labute approximate surface area is 283 Å². The number of rotatable bonds is 4. The van der Waals surface area contributed by atoms with E-state index in [1.54, 1.807) is 0 Å². The van der Waals surface area contributed by atoms with Gasteiger partial charge in [0.2, 0.25) is 0 Å². The Bertz CT molecular complexity index is 2530. The maximum absolute atomic E-state index is 12.9. The number of aromatic nitrogens is 3. The molecule has 0 fully saturated rings. The van der Waals surface area contributed by atoms with Crippen molar-refractivity contribution in [2.45, 2.75) is 5.60 Å². The third-order valence-electron chi connectivity index (χ3n) is 9.44. The van der Waals surface area contributed by atoms with Crippen molar-refractivity contribution >= 4 is 22.4 Å². The molecule has 234 valence electrons. The Morgan fingerprint density at radius 2 is 0.898 bits per heavy atom. The summed E-state index contributed by atoms with van der Waals surface area (Å²) in [5.41, 5.74) is 10.1. The summed E-state index contributed by atoms with van der Waals surface area (Å²) < 4.78 is 0. The number of fused-ring (bicyclic) bond motifs is 7. The summed E-state index contributed by atoms with van der Waals surface area (Å²) in [4.78, 5) is 16.4. The average molecular weight is 633 g/mol. The fourth-order valence-electron chi connectivity index (χ4n) is 7.12. The number of nitrogens with zero attached hydrogens (tertiary/aromatic N) is 1. The molecule has 0 saturated carbocycles. The Balaban J connectivity index is 1.42. The minimum atomic E-state index is -1.55. The van der Waals surface area contributed by atoms with Crippen LogP contribution in [0.1, 0.15) is 45.0 Å². The average Bonchev–Trinajstić information content (AvgIpc) is 4.00. The molecule has 5 heterocycles. The van der Waals surface area contributed by atoms with Crippen molar-refractivity contribution in [3.8, 4) is 0 Å². The van der Waals surface area contributed by atoms with Crippen LogP contribution in [0, 0.1) is 0 Å². The van der Waals surface area contributed by atoms with Crippen LogP contribution in [0.5, 0.6) is 0 Å². The molecule has 0 amide bonds. The number of aliphatic imine (C=N–C) groups is 1. The van der Waals surface area contributed by atoms with Crippen LogP contribution in [0.4, 0.5) is 0 Å². The minimum Gasteiger partial charge on any atom is -0.373 e. The van der Waals surface area contributed by atoms with Gasteiger partial charge in [0.15, 0.2) is 5.60 Å². The molecule has 5 heteroatoms. The number of allylic oxidation sites excluding steroid dienone is 1. The highest BCUT2D eigenvalue weighted by atomic mass is 16.3. The SMILES string of the molecule is OC1(c2ccccc2)C2=N/C(=C(/c3ccccc3)c3ccc([nH]3)/C(c3ccccc3)=c3/cc/c([nH]3)=C(\c3ccccc3)c3ccc1[nH]3)C=C2. The third kappa shape index (κ3) is 4.87. The summed E-state index contributed by atoms with van der Waals surface area (Å²) in [6.45, 7) is 0. The largest absolute Gasteiger partial charge is 0.373 e. The van der Waals surface area contributed by atoms with Crippen molar-refractivity contribution in [2.75, 3.05) is 0 Å². The molecule has 0 aliphatic carbocycles. The molecule has 4 aromatic carbocycles. The molecule has 9 rings (SSSR count). The first kappa shape index (κ1) is 28.8. The van der Waals surface area contributed by atoms with Crippen molar-refractivity contribution in [2.24, 2.45) is 4.99 Å². The summed E-state index contributed by atoms with van der Waals surface area (Å²) in [5.74, 6) is 0. The zero-order chi connectivity index (χ0) is 32.8. The predicted molar refractivity (Wildman–Crippen MR) is 196 cm³/mol. The Morgan fingerprint density at radius 3 is 1.47 bits per heavy atom. The van der Waals surface area contributed by atoms with E-state index in [9.17, 15) is 5.11 Å². The molecule has 4 N–H and O–H groups in total. The number of nitrogens with one attached hydrogen (secondary N) is 3. The van der Waals surface area contributed by atoms with Gasteiger partial charge < -0.3 is 20.1 Å². The smallest absolute Gasteiger partial charge is 0.172 e. The fraction of sp³-hybridized carbons (Fsp3) is 0.0227. The number of hydrogen-bond acceptors (Lipinski definition) is 2. The van der Waals surface area contributed by atoms with Crippen LogP contribution in [-0.2, 0) is 5.60 Å². The highest BCUT2D eigenvalue weighted by Crippen LogP contribution is 2.38. The van der Waals surface area contributed by atoms with E-state index in [1.165, 1.54) is 0 Å². The second-order valence-electron chi connectivity index (χ2n) is 12.4. The quantitative estimate of drug-likeness (QED) is 0.163. The molecule has 7 aromatic rings. The van der Waals surface area contributed by atoms with Crippen LogP contribution in [0.25, 0.3) is 16.7 Å². The molecule has 3 aromatic heterocycles. The summed E-state index contributed by atoms with van der Waals surface area (Å²) in [6, 6.07) is 53.5. The summed E-state index contributed by atoms with van der Waals surface area (Å²) in [7, 11) is 0. The molecule has 2 aliphatic rings. The van der Waals surface area contributed by atoms with E-state index in [1.807, 2.05) is 97.1 Å². The van der Waals surface area contributed by atoms with Gasteiger partial charge in [0.05, 0.1) is 17.1 Å². The van der Waals surface area contributed by atoms with Gasteiger partial charge >= 0.3 is 0 Å². The molecule has 0 saturated heterocycles. The molecule has 1 atom stereocenters. The van der Waals surface area contributed by atoms with Crippen LogP contribution >= 0.6 is 0 Å². The molecular formula is C44H32N4O. The van der Waals surface area contributed by atoms with E-state index in [2.05, 4.69) is 87.7 Å². The van der Waals surface area contributed by atoms with Crippen LogP contribution in [0.3, 0.4) is 0 Å². The van der Waals surface area contributed by atoms with E-state index in [4.69, 9.17) is 4.99 Å². The van der Waals surface area contributed by atoms with Crippen molar-refractivity contribution in [3.63, 3.8) is 0 Å². The number of hydrogen-bond donors (Lipinski definition) is 4. The van der Waals surface area contributed by atoms with E-state index >= 15 is 0 Å². The topological polar surface area (TPSA) is 80.0 Å². The Morgan fingerprint density at radius 1 is 0.429 bits per heavy atom. The maximum atomic E-state index is 12.9. The second kappa shape index (κ2) is 11.7. The number of benzene rings is 4. The van der Waals surface area contributed by atoms with Gasteiger partial charge in [-0.25, -0.2) is 4.99 Å². The monoisotopic (exact) mass is 632 g/mol. The van der Waals surface area contributed by atoms with Crippen LogP contribution in [-0.4, -0.2) is 25.8 Å². The van der Waals surface area contributed by atoms with E-state index in [-0.39, 0.29) is 0 Å². The van der Waals surface area contributed by atoms with Crippen LogP contribution < -0.4 is 10.7 Å². The second-order valence-corrected chi connectivity index (χ2v) is 12.4. The van der Waals surface area contributed by atoms with Gasteiger partial charge in [-0.3, -0.25) is 0 Å². The summed E-state index contributed by atoms with van der Waals surface area (Å²) >= 11 is 0. The first-order valence-electron chi connectivity index (χ1n) is 16.5. The number of aliphatic hydroxyl groups is 1. The number of H-pyrrole nitrogens is 3. The standard InChI is InChI=1S/C44H32N4O/c49-44(32-19-11-4-12-20-32)39-27-25-37(47-39)42(30-15-7-2-8-16-30)35-23-21-33(45-35)41(29-13-5-1-6-14-29)34-22-24-36(46-34)43(31-17-9-3-10-18-31)38-26-28-40(44)48-38/h1-28,45-47,49H/b41-33-,42-35-,43-38-. The van der Waals surface area contributed by atoms with Gasteiger partial charge in [0.25, 0.3) is 0 Å². The minimum absolute atomic E-state index is 0.536. The Hall–Kier alpha value is -6.43. The first-order chi connectivity index (χ1) is 24.2. The normalized spacial score (nSPS) is 20.7. The van der Waals surface area contributed by atoms with Gasteiger partial charge in [-0.15, -0.1) is 0 Å². The lowest BCUT2D eigenvalue weighted by molar-refractivity contribution is 0.152. The molecule has 2 aliphatic heterocycles. The van der Waals surface area contributed by atoms with Crippen molar-refractivity contribution in [3.05, 3.63) is 231 Å². The van der Waals surface area contributed by atoms with Gasteiger partial charge in [-0.05, 0) is 70.8 Å².